The SMILES string of the molecule is [2H]c1cc([2H])c2c(c1)[nH]c1cc([2H])cc([2H])c12. The number of hydrogen-bond acceptors (Lipinski definition) is 0. The molecule has 0 amide bonds. The predicted octanol–water partition coefficient (Wildman–Crippen LogP) is 3.32. The third-order valence-corrected chi connectivity index (χ3v) is 2.11. The second-order valence-corrected chi connectivity index (χ2v) is 2.90. The molecule has 0 saturated heterocycles. The number of aromatic amines is 1. The first-order valence-electron chi connectivity index (χ1n) is 6.06. The van der Waals surface area contributed by atoms with Crippen LogP contribution in [0.3, 0.4) is 0 Å². The number of H-pyrrole nitrogens is 1. The molecule has 2 aromatic carbocycles. The molecule has 3 aromatic rings. The van der Waals surface area contributed by atoms with Gasteiger partial charge in [-0.25, -0.2) is 0 Å². The van der Waals surface area contributed by atoms with Crippen molar-refractivity contribution < 1.29 is 5.48 Å². The Bertz CT molecular complexity index is 683. The van der Waals surface area contributed by atoms with Crippen molar-refractivity contribution in [3.63, 3.8) is 0 Å². The van der Waals surface area contributed by atoms with Gasteiger partial charge in [0, 0.05) is 21.8 Å². The summed E-state index contributed by atoms with van der Waals surface area (Å²) in [7, 11) is 0. The van der Waals surface area contributed by atoms with E-state index in [2.05, 4.69) is 4.98 Å². The molecule has 0 bridgehead atoms. The van der Waals surface area contributed by atoms with Crippen molar-refractivity contribution in [1.82, 2.24) is 4.98 Å². The molecule has 0 unspecified atom stereocenters. The van der Waals surface area contributed by atoms with E-state index in [9.17, 15) is 0 Å². The summed E-state index contributed by atoms with van der Waals surface area (Å²) in [5, 5.41) is 1.31. The molecule has 13 heavy (non-hydrogen) atoms. The highest BCUT2D eigenvalue weighted by molar-refractivity contribution is 6.06. The number of aromatic nitrogens is 1. The van der Waals surface area contributed by atoms with Gasteiger partial charge in [0.1, 0.15) is 0 Å². The molecule has 0 aliphatic rings. The van der Waals surface area contributed by atoms with Crippen LogP contribution in [0.5, 0.6) is 0 Å². The van der Waals surface area contributed by atoms with E-state index in [-0.39, 0.29) is 24.2 Å². The quantitative estimate of drug-likeness (QED) is 0.534. The summed E-state index contributed by atoms with van der Waals surface area (Å²) in [6, 6.07) is 7.22. The summed E-state index contributed by atoms with van der Waals surface area (Å²) in [6.45, 7) is 0. The maximum absolute atomic E-state index is 7.88. The second kappa shape index (κ2) is 2.36. The maximum Gasteiger partial charge on any atom is 0.0630 e. The minimum Gasteiger partial charge on any atom is -0.355 e. The minimum atomic E-state index is 0.241. The van der Waals surface area contributed by atoms with E-state index < -0.39 is 0 Å². The Kier molecular flexibility index (Phi) is 0.720. The molecular formula is C12H9N. The van der Waals surface area contributed by atoms with E-state index >= 15 is 0 Å². The molecule has 62 valence electrons. The van der Waals surface area contributed by atoms with Crippen LogP contribution < -0.4 is 0 Å². The van der Waals surface area contributed by atoms with Gasteiger partial charge in [0.05, 0.1) is 5.48 Å². The predicted molar refractivity (Wildman–Crippen MR) is 55.8 cm³/mol. The lowest BCUT2D eigenvalue weighted by atomic mass is 10.2. The van der Waals surface area contributed by atoms with E-state index in [0.717, 1.165) is 0 Å². The number of nitrogens with one attached hydrogen (secondary N) is 1. The van der Waals surface area contributed by atoms with Crippen LogP contribution in [0.4, 0.5) is 0 Å². The van der Waals surface area contributed by atoms with Gasteiger partial charge in [0.15, 0.2) is 0 Å². The molecule has 3 rings (SSSR count). The van der Waals surface area contributed by atoms with Gasteiger partial charge in [-0.15, -0.1) is 0 Å². The van der Waals surface area contributed by atoms with Crippen molar-refractivity contribution in [3.05, 3.63) is 48.4 Å². The molecular weight excluding hydrogens is 158 g/mol. The fourth-order valence-electron chi connectivity index (χ4n) is 1.53. The summed E-state index contributed by atoms with van der Waals surface area (Å²) in [5.74, 6) is 0. The zero-order chi connectivity index (χ0) is 12.2. The smallest absolute Gasteiger partial charge is 0.0630 e. The van der Waals surface area contributed by atoms with E-state index in [0.29, 0.717) is 21.8 Å². The van der Waals surface area contributed by atoms with Gasteiger partial charge in [-0.05, 0) is 12.1 Å². The molecule has 1 heterocycles. The monoisotopic (exact) mass is 171 g/mol. The number of hydrogen-bond donors (Lipinski definition) is 1. The Morgan fingerprint density at radius 2 is 1.46 bits per heavy atom. The Labute approximate surface area is 81.6 Å². The molecule has 0 fully saturated rings. The van der Waals surface area contributed by atoms with Crippen molar-refractivity contribution in [3.8, 4) is 0 Å². The van der Waals surface area contributed by atoms with Crippen LogP contribution in [0, 0.1) is 0 Å². The molecule has 0 aliphatic heterocycles. The fraction of sp³-hybridized carbons (Fsp3) is 0. The topological polar surface area (TPSA) is 15.8 Å². The van der Waals surface area contributed by atoms with Gasteiger partial charge in [-0.3, -0.25) is 0 Å². The van der Waals surface area contributed by atoms with Crippen LogP contribution in [-0.4, -0.2) is 4.98 Å². The number of rotatable bonds is 0. The Morgan fingerprint density at radius 1 is 0.923 bits per heavy atom. The van der Waals surface area contributed by atoms with Crippen LogP contribution in [-0.2, 0) is 0 Å². The van der Waals surface area contributed by atoms with Crippen molar-refractivity contribution in [2.75, 3.05) is 0 Å². The summed E-state index contributed by atoms with van der Waals surface area (Å²) in [6.07, 6.45) is 0. The van der Waals surface area contributed by atoms with Crippen molar-refractivity contribution in [1.29, 1.82) is 0 Å². The molecule has 1 heteroatoms. The molecule has 0 radical (unpaired) electrons. The highest BCUT2D eigenvalue weighted by Crippen LogP contribution is 2.24. The van der Waals surface area contributed by atoms with Crippen LogP contribution >= 0.6 is 0 Å². The molecule has 1 aromatic heterocycles. The maximum atomic E-state index is 7.88. The lowest BCUT2D eigenvalue weighted by molar-refractivity contribution is 1.55. The molecule has 0 atom stereocenters. The minimum absolute atomic E-state index is 0.241. The standard InChI is InChI=1S/C12H9N/c1-3-7-11-9(5-1)10-6-2-4-8-12(10)13-11/h1-8,13H/i3D,4D,5D,6D. The van der Waals surface area contributed by atoms with Crippen molar-refractivity contribution in [2.45, 2.75) is 0 Å². The summed E-state index contributed by atoms with van der Waals surface area (Å²) < 4.78 is 30.9. The fourth-order valence-corrected chi connectivity index (χ4v) is 1.53. The first-order chi connectivity index (χ1) is 8.06. The highest BCUT2D eigenvalue weighted by Gasteiger charge is 2.00. The normalized spacial score (nSPS) is 15.4. The second-order valence-electron chi connectivity index (χ2n) is 2.90. The van der Waals surface area contributed by atoms with E-state index in [1.165, 1.54) is 12.1 Å². The molecule has 1 nitrogen and oxygen atoms in total. The summed E-state index contributed by atoms with van der Waals surface area (Å²) in [4.78, 5) is 3.06. The van der Waals surface area contributed by atoms with Crippen molar-refractivity contribution >= 4 is 21.8 Å². The number of benzene rings is 2. The first kappa shape index (κ1) is 3.97. The zero-order valence-electron chi connectivity index (χ0n) is 10.8. The van der Waals surface area contributed by atoms with Crippen LogP contribution in [0.1, 0.15) is 5.48 Å². The van der Waals surface area contributed by atoms with Gasteiger partial charge in [-0.2, -0.15) is 0 Å². The lowest BCUT2D eigenvalue weighted by Crippen LogP contribution is -1.62. The van der Waals surface area contributed by atoms with Crippen molar-refractivity contribution in [2.24, 2.45) is 0 Å². The van der Waals surface area contributed by atoms with Gasteiger partial charge in [0.25, 0.3) is 0 Å². The van der Waals surface area contributed by atoms with Crippen LogP contribution in [0.25, 0.3) is 21.8 Å². The number of para-hydroxylation sites is 2. The van der Waals surface area contributed by atoms with E-state index in [1.54, 1.807) is 12.1 Å². The summed E-state index contributed by atoms with van der Waals surface area (Å²) >= 11 is 0. The lowest BCUT2D eigenvalue weighted by Gasteiger charge is -1.87. The van der Waals surface area contributed by atoms with E-state index in [1.807, 2.05) is 0 Å². The van der Waals surface area contributed by atoms with Gasteiger partial charge in [0.2, 0.25) is 0 Å². The molecule has 0 aliphatic carbocycles. The average molecular weight is 171 g/mol. The van der Waals surface area contributed by atoms with Crippen LogP contribution in [0.2, 0.25) is 0 Å². The third-order valence-electron chi connectivity index (χ3n) is 2.11. The van der Waals surface area contributed by atoms with E-state index in [4.69, 9.17) is 5.48 Å². The largest absolute Gasteiger partial charge is 0.355 e. The Morgan fingerprint density at radius 3 is 2.00 bits per heavy atom. The molecule has 1 N–H and O–H groups in total. The highest BCUT2D eigenvalue weighted by atomic mass is 14.7. The molecule has 0 spiro atoms. The third kappa shape index (κ3) is 0.872. The zero-order valence-corrected chi connectivity index (χ0v) is 6.81. The number of fused-ring (bicyclic) bond motifs is 3. The first-order valence-corrected chi connectivity index (χ1v) is 4.06. The van der Waals surface area contributed by atoms with Crippen LogP contribution in [0.15, 0.2) is 48.4 Å². The average Bonchev–Trinajstić information content (AvgIpc) is 2.55. The van der Waals surface area contributed by atoms with Gasteiger partial charge < -0.3 is 4.98 Å². The molecule has 0 saturated carbocycles. The van der Waals surface area contributed by atoms with Gasteiger partial charge >= 0.3 is 0 Å². The Hall–Kier alpha value is -1.76. The van der Waals surface area contributed by atoms with Gasteiger partial charge in [-0.1, -0.05) is 36.3 Å². The summed E-state index contributed by atoms with van der Waals surface area (Å²) in [5.41, 5.74) is 1.35. The Balaban J connectivity index is 2.60.